The van der Waals surface area contributed by atoms with Crippen LogP contribution in [-0.2, 0) is 4.79 Å². The molecule has 0 N–H and O–H groups in total. The van der Waals surface area contributed by atoms with Gasteiger partial charge in [0.2, 0.25) is 11.8 Å². The zero-order valence-electron chi connectivity index (χ0n) is 12.0. The fourth-order valence-corrected chi connectivity index (χ4v) is 3.54. The summed E-state index contributed by atoms with van der Waals surface area (Å²) in [5, 5.41) is 1.66. The maximum atomic E-state index is 12.3. The number of hydrogen-bond acceptors (Lipinski definition) is 6. The largest absolute Gasteiger partial charge is 0.480 e. The average molecular weight is 323 g/mol. The molecule has 3 rings (SSSR count). The Balaban J connectivity index is 1.87. The molecule has 0 radical (unpaired) electrons. The SMILES string of the molecule is COc1nc(SC)ncc1/C=C1/SCCN1C(=O)C1CC1. The van der Waals surface area contributed by atoms with Gasteiger partial charge >= 0.3 is 0 Å². The highest BCUT2D eigenvalue weighted by Crippen LogP contribution is 2.38. The van der Waals surface area contributed by atoms with Crippen LogP contribution in [0.5, 0.6) is 5.88 Å². The van der Waals surface area contributed by atoms with Gasteiger partial charge in [0, 0.05) is 24.4 Å². The summed E-state index contributed by atoms with van der Waals surface area (Å²) in [5.41, 5.74) is 0.813. The van der Waals surface area contributed by atoms with Crippen LogP contribution in [0.1, 0.15) is 18.4 Å². The number of nitrogens with zero attached hydrogens (tertiary/aromatic N) is 3. The Morgan fingerprint density at radius 2 is 2.38 bits per heavy atom. The summed E-state index contributed by atoms with van der Waals surface area (Å²) in [5.74, 6) is 1.99. The summed E-state index contributed by atoms with van der Waals surface area (Å²) in [6, 6.07) is 0. The summed E-state index contributed by atoms with van der Waals surface area (Å²) < 4.78 is 5.33. The number of carbonyl (C=O) groups is 1. The molecule has 5 nitrogen and oxygen atoms in total. The van der Waals surface area contributed by atoms with Crippen molar-refractivity contribution in [3.05, 3.63) is 16.8 Å². The van der Waals surface area contributed by atoms with E-state index in [0.717, 1.165) is 35.7 Å². The van der Waals surface area contributed by atoms with Gasteiger partial charge in [-0.1, -0.05) is 11.8 Å². The standard InChI is InChI=1S/C14H17N3O2S2/c1-19-12-10(8-15-14(16-12)20-2)7-11-17(5-6-21-11)13(18)9-3-4-9/h7-9H,3-6H2,1-2H3/b11-7+. The molecule has 1 aromatic heterocycles. The minimum absolute atomic E-state index is 0.240. The third-order valence-corrected chi connectivity index (χ3v) is 5.02. The van der Waals surface area contributed by atoms with E-state index in [2.05, 4.69) is 9.97 Å². The van der Waals surface area contributed by atoms with Gasteiger partial charge in [0.25, 0.3) is 0 Å². The number of methoxy groups -OCH3 is 1. The summed E-state index contributed by atoms with van der Waals surface area (Å²) in [6.45, 7) is 0.790. The van der Waals surface area contributed by atoms with Crippen molar-refractivity contribution in [3.8, 4) is 5.88 Å². The van der Waals surface area contributed by atoms with Gasteiger partial charge in [-0.05, 0) is 25.2 Å². The minimum atomic E-state index is 0.240. The van der Waals surface area contributed by atoms with E-state index in [1.807, 2.05) is 17.2 Å². The second-order valence-electron chi connectivity index (χ2n) is 4.92. The van der Waals surface area contributed by atoms with Crippen molar-refractivity contribution in [2.75, 3.05) is 25.7 Å². The van der Waals surface area contributed by atoms with Crippen molar-refractivity contribution in [1.29, 1.82) is 0 Å². The quantitative estimate of drug-likeness (QED) is 0.627. The van der Waals surface area contributed by atoms with E-state index in [0.29, 0.717) is 11.0 Å². The van der Waals surface area contributed by atoms with Crippen molar-refractivity contribution in [1.82, 2.24) is 14.9 Å². The van der Waals surface area contributed by atoms with Crippen LogP contribution in [0.4, 0.5) is 0 Å². The van der Waals surface area contributed by atoms with Crippen molar-refractivity contribution in [3.63, 3.8) is 0 Å². The zero-order valence-corrected chi connectivity index (χ0v) is 13.7. The highest BCUT2D eigenvalue weighted by atomic mass is 32.2. The second-order valence-corrected chi connectivity index (χ2v) is 6.81. The van der Waals surface area contributed by atoms with Gasteiger partial charge in [-0.3, -0.25) is 4.79 Å². The smallest absolute Gasteiger partial charge is 0.230 e. The van der Waals surface area contributed by atoms with Crippen LogP contribution in [-0.4, -0.2) is 46.4 Å². The van der Waals surface area contributed by atoms with Crippen LogP contribution in [0, 0.1) is 5.92 Å². The van der Waals surface area contributed by atoms with Gasteiger partial charge in [-0.2, -0.15) is 4.98 Å². The molecule has 1 aliphatic carbocycles. The van der Waals surface area contributed by atoms with Crippen molar-refractivity contribution in [2.24, 2.45) is 5.92 Å². The van der Waals surface area contributed by atoms with Gasteiger partial charge in [-0.25, -0.2) is 4.98 Å². The number of carbonyl (C=O) groups excluding carboxylic acids is 1. The maximum Gasteiger partial charge on any atom is 0.230 e. The van der Waals surface area contributed by atoms with Crippen LogP contribution < -0.4 is 4.74 Å². The third-order valence-electron chi connectivity index (χ3n) is 3.44. The minimum Gasteiger partial charge on any atom is -0.480 e. The van der Waals surface area contributed by atoms with Crippen LogP contribution in [0.15, 0.2) is 16.4 Å². The molecular weight excluding hydrogens is 306 g/mol. The third kappa shape index (κ3) is 3.18. The van der Waals surface area contributed by atoms with E-state index in [1.54, 1.807) is 25.1 Å². The Labute approximate surface area is 132 Å². The molecule has 1 aromatic rings. The van der Waals surface area contributed by atoms with Crippen molar-refractivity contribution < 1.29 is 9.53 Å². The lowest BCUT2D eigenvalue weighted by Crippen LogP contribution is -2.27. The molecule has 2 heterocycles. The monoisotopic (exact) mass is 323 g/mol. The van der Waals surface area contributed by atoms with E-state index in [-0.39, 0.29) is 11.8 Å². The van der Waals surface area contributed by atoms with Crippen LogP contribution in [0.2, 0.25) is 0 Å². The summed E-state index contributed by atoms with van der Waals surface area (Å²) in [7, 11) is 1.60. The lowest BCUT2D eigenvalue weighted by molar-refractivity contribution is -0.129. The van der Waals surface area contributed by atoms with E-state index in [1.165, 1.54) is 11.8 Å². The summed E-state index contributed by atoms with van der Waals surface area (Å²) in [4.78, 5) is 22.8. The first kappa shape index (κ1) is 14.7. The van der Waals surface area contributed by atoms with Crippen molar-refractivity contribution >= 4 is 35.5 Å². The van der Waals surface area contributed by atoms with Gasteiger partial charge in [0.05, 0.1) is 17.7 Å². The average Bonchev–Trinajstić information content (AvgIpc) is 3.27. The Morgan fingerprint density at radius 1 is 1.57 bits per heavy atom. The van der Waals surface area contributed by atoms with Gasteiger partial charge in [0.15, 0.2) is 5.16 Å². The lowest BCUT2D eigenvalue weighted by atomic mass is 10.3. The normalized spacial score (nSPS) is 20.1. The fraction of sp³-hybridized carbons (Fsp3) is 0.500. The first-order valence-electron chi connectivity index (χ1n) is 6.84. The molecule has 2 fully saturated rings. The predicted octanol–water partition coefficient (Wildman–Crippen LogP) is 2.49. The second kappa shape index (κ2) is 6.27. The van der Waals surface area contributed by atoms with Crippen LogP contribution in [0.3, 0.4) is 0 Å². The predicted molar refractivity (Wildman–Crippen MR) is 85.2 cm³/mol. The number of ether oxygens (including phenoxy) is 1. The Kier molecular flexibility index (Phi) is 4.40. The van der Waals surface area contributed by atoms with E-state index < -0.39 is 0 Å². The molecule has 7 heteroatoms. The molecule has 112 valence electrons. The molecule has 1 amide bonds. The number of thioether (sulfide) groups is 2. The lowest BCUT2D eigenvalue weighted by Gasteiger charge is -2.17. The molecular formula is C14H17N3O2S2. The van der Waals surface area contributed by atoms with Crippen LogP contribution in [0.25, 0.3) is 6.08 Å². The number of hydrogen-bond donors (Lipinski definition) is 0. The van der Waals surface area contributed by atoms with Gasteiger partial charge in [-0.15, -0.1) is 11.8 Å². The summed E-state index contributed by atoms with van der Waals surface area (Å²) >= 11 is 3.17. The van der Waals surface area contributed by atoms with Crippen molar-refractivity contribution in [2.45, 2.75) is 18.0 Å². The van der Waals surface area contributed by atoms with Gasteiger partial charge in [0.1, 0.15) is 0 Å². The van der Waals surface area contributed by atoms with E-state index in [9.17, 15) is 4.79 Å². The van der Waals surface area contributed by atoms with E-state index in [4.69, 9.17) is 4.74 Å². The molecule has 0 bridgehead atoms. The highest BCUT2D eigenvalue weighted by molar-refractivity contribution is 8.03. The molecule has 0 aromatic carbocycles. The molecule has 1 saturated heterocycles. The number of amides is 1. The molecule has 0 unspecified atom stereocenters. The maximum absolute atomic E-state index is 12.3. The number of aromatic nitrogens is 2. The van der Waals surface area contributed by atoms with Crippen LogP contribution >= 0.6 is 23.5 Å². The summed E-state index contributed by atoms with van der Waals surface area (Å²) in [6.07, 6.45) is 7.70. The first-order chi connectivity index (χ1) is 10.2. The van der Waals surface area contributed by atoms with Gasteiger partial charge < -0.3 is 9.64 Å². The molecule has 2 aliphatic rings. The number of rotatable bonds is 4. The first-order valence-corrected chi connectivity index (χ1v) is 9.05. The molecule has 0 spiro atoms. The molecule has 21 heavy (non-hydrogen) atoms. The highest BCUT2D eigenvalue weighted by Gasteiger charge is 2.36. The molecule has 1 saturated carbocycles. The Hall–Kier alpha value is -1.21. The molecule has 0 atom stereocenters. The molecule has 1 aliphatic heterocycles. The Morgan fingerprint density at radius 3 is 3.05 bits per heavy atom. The Bertz CT molecular complexity index is 588. The fourth-order valence-electron chi connectivity index (χ4n) is 2.17. The van der Waals surface area contributed by atoms with E-state index >= 15 is 0 Å². The zero-order chi connectivity index (χ0) is 14.8. The topological polar surface area (TPSA) is 55.3 Å².